The van der Waals surface area contributed by atoms with E-state index in [2.05, 4.69) is 0 Å². The van der Waals surface area contributed by atoms with Crippen LogP contribution in [-0.4, -0.2) is 0 Å². The Bertz CT molecular complexity index is 667. The summed E-state index contributed by atoms with van der Waals surface area (Å²) in [5.74, 6) is 0.137. The SMILES string of the molecule is N#Cc1cc(F)cc(COc2ccc(Cl)cc2CN)c1. The molecule has 0 unspecified atom stereocenters. The standard InChI is InChI=1S/C15H12ClFN2O/c16-13-1-2-15(12(6-13)8-19)20-9-11-3-10(7-18)4-14(17)5-11/h1-6H,8-9,19H2. The van der Waals surface area contributed by atoms with Gasteiger partial charge in [0.2, 0.25) is 0 Å². The lowest BCUT2D eigenvalue weighted by Gasteiger charge is -2.11. The van der Waals surface area contributed by atoms with E-state index in [9.17, 15) is 4.39 Å². The van der Waals surface area contributed by atoms with Crippen LogP contribution in [0.1, 0.15) is 16.7 Å². The van der Waals surface area contributed by atoms with Crippen LogP contribution in [0.3, 0.4) is 0 Å². The molecule has 0 radical (unpaired) electrons. The molecule has 0 heterocycles. The highest BCUT2D eigenvalue weighted by Crippen LogP contribution is 2.23. The molecule has 2 rings (SSSR count). The van der Waals surface area contributed by atoms with E-state index < -0.39 is 5.82 Å². The van der Waals surface area contributed by atoms with Gasteiger partial charge in [0.1, 0.15) is 18.2 Å². The average Bonchev–Trinajstić information content (AvgIpc) is 2.45. The van der Waals surface area contributed by atoms with Gasteiger partial charge in [0.15, 0.2) is 0 Å². The summed E-state index contributed by atoms with van der Waals surface area (Å²) in [6, 6.07) is 11.1. The molecule has 0 aliphatic heterocycles. The molecule has 0 atom stereocenters. The number of nitrogens with two attached hydrogens (primary N) is 1. The van der Waals surface area contributed by atoms with Crippen molar-refractivity contribution in [3.8, 4) is 11.8 Å². The van der Waals surface area contributed by atoms with Crippen molar-refractivity contribution in [1.82, 2.24) is 0 Å². The first-order valence-electron chi connectivity index (χ1n) is 5.93. The molecule has 0 aromatic heterocycles. The molecule has 5 heteroatoms. The van der Waals surface area contributed by atoms with Crippen LogP contribution in [0.2, 0.25) is 5.02 Å². The van der Waals surface area contributed by atoms with Crippen LogP contribution in [-0.2, 0) is 13.2 Å². The van der Waals surface area contributed by atoms with E-state index >= 15 is 0 Å². The fraction of sp³-hybridized carbons (Fsp3) is 0.133. The molecule has 3 nitrogen and oxygen atoms in total. The van der Waals surface area contributed by atoms with E-state index in [1.165, 1.54) is 12.1 Å². The van der Waals surface area contributed by atoms with Gasteiger partial charge in [-0.05, 0) is 42.0 Å². The first-order chi connectivity index (χ1) is 9.62. The third kappa shape index (κ3) is 3.47. The van der Waals surface area contributed by atoms with Crippen LogP contribution in [0.4, 0.5) is 4.39 Å². The Morgan fingerprint density at radius 2 is 2.05 bits per heavy atom. The number of nitrogens with zero attached hydrogens (tertiary/aromatic N) is 1. The molecule has 0 aliphatic rings. The molecule has 0 saturated carbocycles. The largest absolute Gasteiger partial charge is 0.489 e. The Hall–Kier alpha value is -2.09. The van der Waals surface area contributed by atoms with Gasteiger partial charge in [-0.1, -0.05) is 11.6 Å². The lowest BCUT2D eigenvalue weighted by molar-refractivity contribution is 0.302. The Balaban J connectivity index is 2.17. The molecule has 0 fully saturated rings. The maximum Gasteiger partial charge on any atom is 0.124 e. The van der Waals surface area contributed by atoms with Gasteiger partial charge >= 0.3 is 0 Å². The van der Waals surface area contributed by atoms with Crippen molar-refractivity contribution in [3.05, 3.63) is 63.9 Å². The van der Waals surface area contributed by atoms with Crippen molar-refractivity contribution in [2.24, 2.45) is 5.73 Å². The summed E-state index contributed by atoms with van der Waals surface area (Å²) in [6.45, 7) is 0.448. The first-order valence-corrected chi connectivity index (χ1v) is 6.31. The quantitative estimate of drug-likeness (QED) is 0.939. The van der Waals surface area contributed by atoms with Gasteiger partial charge in [-0.15, -0.1) is 0 Å². The second kappa shape index (κ2) is 6.38. The number of hydrogen-bond donors (Lipinski definition) is 1. The topological polar surface area (TPSA) is 59.0 Å². The second-order valence-corrected chi connectivity index (χ2v) is 4.64. The molecular formula is C15H12ClFN2O. The molecule has 0 amide bonds. The van der Waals surface area contributed by atoms with Crippen LogP contribution in [0.5, 0.6) is 5.75 Å². The lowest BCUT2D eigenvalue weighted by atomic mass is 10.1. The van der Waals surface area contributed by atoms with Crippen molar-refractivity contribution >= 4 is 11.6 Å². The maximum atomic E-state index is 13.3. The Morgan fingerprint density at radius 1 is 1.25 bits per heavy atom. The molecular weight excluding hydrogens is 279 g/mol. The van der Waals surface area contributed by atoms with Crippen LogP contribution in [0.25, 0.3) is 0 Å². The van der Waals surface area contributed by atoms with Crippen LogP contribution in [0, 0.1) is 17.1 Å². The summed E-state index contributed by atoms with van der Waals surface area (Å²) in [5.41, 5.74) is 7.23. The summed E-state index contributed by atoms with van der Waals surface area (Å²) in [4.78, 5) is 0. The minimum atomic E-state index is -0.460. The van der Waals surface area contributed by atoms with E-state index in [0.29, 0.717) is 22.9 Å². The normalized spacial score (nSPS) is 10.1. The number of halogens is 2. The van der Waals surface area contributed by atoms with Crippen LogP contribution in [0.15, 0.2) is 36.4 Å². The summed E-state index contributed by atoms with van der Waals surface area (Å²) in [6.07, 6.45) is 0. The van der Waals surface area contributed by atoms with Gasteiger partial charge in [0, 0.05) is 17.1 Å². The zero-order valence-corrected chi connectivity index (χ0v) is 11.3. The van der Waals surface area contributed by atoms with Crippen molar-refractivity contribution in [2.45, 2.75) is 13.2 Å². The van der Waals surface area contributed by atoms with Crippen LogP contribution < -0.4 is 10.5 Å². The maximum absolute atomic E-state index is 13.3. The number of hydrogen-bond acceptors (Lipinski definition) is 3. The van der Waals surface area contributed by atoms with Crippen molar-refractivity contribution in [1.29, 1.82) is 5.26 Å². The molecule has 0 spiro atoms. The molecule has 0 saturated heterocycles. The number of nitriles is 1. The van der Waals surface area contributed by atoms with Gasteiger partial charge in [-0.25, -0.2) is 4.39 Å². The molecule has 102 valence electrons. The molecule has 2 aromatic carbocycles. The summed E-state index contributed by atoms with van der Waals surface area (Å²) in [7, 11) is 0. The minimum absolute atomic E-state index is 0.154. The highest BCUT2D eigenvalue weighted by molar-refractivity contribution is 6.30. The van der Waals surface area contributed by atoms with E-state index in [1.54, 1.807) is 24.3 Å². The van der Waals surface area contributed by atoms with Gasteiger partial charge in [-0.3, -0.25) is 0 Å². The lowest BCUT2D eigenvalue weighted by Crippen LogP contribution is -2.03. The van der Waals surface area contributed by atoms with E-state index in [-0.39, 0.29) is 12.2 Å². The molecule has 2 aromatic rings. The predicted molar refractivity (Wildman–Crippen MR) is 74.8 cm³/mol. The number of benzene rings is 2. The Morgan fingerprint density at radius 3 is 2.75 bits per heavy atom. The van der Waals surface area contributed by atoms with E-state index in [4.69, 9.17) is 27.3 Å². The average molecular weight is 291 g/mol. The van der Waals surface area contributed by atoms with Gasteiger partial charge < -0.3 is 10.5 Å². The molecule has 0 aliphatic carbocycles. The highest BCUT2D eigenvalue weighted by atomic mass is 35.5. The molecule has 20 heavy (non-hydrogen) atoms. The van der Waals surface area contributed by atoms with Gasteiger partial charge in [0.25, 0.3) is 0 Å². The Kier molecular flexibility index (Phi) is 4.57. The fourth-order valence-corrected chi connectivity index (χ4v) is 2.00. The van der Waals surface area contributed by atoms with Crippen molar-refractivity contribution in [2.75, 3.05) is 0 Å². The van der Waals surface area contributed by atoms with Gasteiger partial charge in [0.05, 0.1) is 11.6 Å². The molecule has 0 bridgehead atoms. The first kappa shape index (κ1) is 14.3. The Labute approximate surface area is 121 Å². The smallest absolute Gasteiger partial charge is 0.124 e. The van der Waals surface area contributed by atoms with E-state index in [1.807, 2.05) is 6.07 Å². The minimum Gasteiger partial charge on any atom is -0.489 e. The molecule has 2 N–H and O–H groups in total. The number of ether oxygens (including phenoxy) is 1. The van der Waals surface area contributed by atoms with Crippen LogP contribution >= 0.6 is 11.6 Å². The van der Waals surface area contributed by atoms with E-state index in [0.717, 1.165) is 5.56 Å². The number of rotatable bonds is 4. The zero-order chi connectivity index (χ0) is 14.5. The summed E-state index contributed by atoms with van der Waals surface area (Å²) < 4.78 is 18.9. The van der Waals surface area contributed by atoms with Crippen molar-refractivity contribution in [3.63, 3.8) is 0 Å². The van der Waals surface area contributed by atoms with Crippen molar-refractivity contribution < 1.29 is 9.13 Å². The summed E-state index contributed by atoms with van der Waals surface area (Å²) >= 11 is 5.88. The fourth-order valence-electron chi connectivity index (χ4n) is 1.81. The summed E-state index contributed by atoms with van der Waals surface area (Å²) in [5, 5.41) is 9.37. The zero-order valence-electron chi connectivity index (χ0n) is 10.6. The highest BCUT2D eigenvalue weighted by Gasteiger charge is 2.05. The third-order valence-electron chi connectivity index (χ3n) is 2.72. The van der Waals surface area contributed by atoms with Gasteiger partial charge in [-0.2, -0.15) is 5.26 Å². The monoisotopic (exact) mass is 290 g/mol. The predicted octanol–water partition coefficient (Wildman–Crippen LogP) is 3.39. The third-order valence-corrected chi connectivity index (χ3v) is 2.96. The second-order valence-electron chi connectivity index (χ2n) is 4.20.